The molecule has 1 aliphatic rings. The van der Waals surface area contributed by atoms with Gasteiger partial charge in [-0.3, -0.25) is 9.59 Å². The van der Waals surface area contributed by atoms with Crippen molar-refractivity contribution in [3.8, 4) is 17.1 Å². The maximum Gasteiger partial charge on any atom is 0.423 e. The third-order valence-corrected chi connectivity index (χ3v) is 6.37. The van der Waals surface area contributed by atoms with Crippen LogP contribution in [0.3, 0.4) is 0 Å². The van der Waals surface area contributed by atoms with Gasteiger partial charge in [0.15, 0.2) is 17.4 Å². The van der Waals surface area contributed by atoms with Gasteiger partial charge in [0, 0.05) is 18.8 Å². The Bertz CT molecular complexity index is 1650. The first kappa shape index (κ1) is 29.5. The summed E-state index contributed by atoms with van der Waals surface area (Å²) in [5.74, 6) is 0.839. The number of ether oxygens (including phenoxy) is 1. The maximum atomic E-state index is 14.9. The third kappa shape index (κ3) is 6.99. The van der Waals surface area contributed by atoms with Gasteiger partial charge in [-0.25, -0.2) is 19.5 Å². The van der Waals surface area contributed by atoms with Crippen LogP contribution in [-0.4, -0.2) is 37.9 Å². The van der Waals surface area contributed by atoms with Crippen molar-refractivity contribution in [3.63, 3.8) is 0 Å². The van der Waals surface area contributed by atoms with E-state index >= 15 is 0 Å². The number of anilines is 2. The number of methoxy groups -OCH3 is 1. The summed E-state index contributed by atoms with van der Waals surface area (Å²) in [5, 5.41) is 9.07. The smallest absolute Gasteiger partial charge is 0.423 e. The number of H-pyrrole nitrogens is 1. The van der Waals surface area contributed by atoms with Crippen LogP contribution in [0.1, 0.15) is 44.6 Å². The molecular formula is C27H29F4N7O3. The van der Waals surface area contributed by atoms with Crippen molar-refractivity contribution in [1.82, 2.24) is 24.7 Å². The van der Waals surface area contributed by atoms with Crippen LogP contribution >= 0.6 is 0 Å². The molecule has 0 atom stereocenters. The molecule has 3 heterocycles. The van der Waals surface area contributed by atoms with Gasteiger partial charge in [-0.05, 0) is 42.8 Å². The van der Waals surface area contributed by atoms with E-state index in [1.165, 1.54) is 6.07 Å². The van der Waals surface area contributed by atoms with E-state index in [1.54, 1.807) is 35.2 Å². The molecule has 1 fully saturated rings. The van der Waals surface area contributed by atoms with Crippen molar-refractivity contribution in [2.45, 2.75) is 57.8 Å². The zero-order valence-electron chi connectivity index (χ0n) is 22.4. The molecule has 1 saturated carbocycles. The molecule has 0 radical (unpaired) electrons. The minimum atomic E-state index is -4.74. The summed E-state index contributed by atoms with van der Waals surface area (Å²) in [6.07, 6.45) is 4.56. The lowest BCUT2D eigenvalue weighted by molar-refractivity contribution is -0.138. The minimum Gasteiger partial charge on any atom is -0.491 e. The van der Waals surface area contributed by atoms with Gasteiger partial charge in [0.25, 0.3) is 11.1 Å². The summed E-state index contributed by atoms with van der Waals surface area (Å²) in [6, 6.07) is 5.16. The second-order valence-electron chi connectivity index (χ2n) is 9.50. The van der Waals surface area contributed by atoms with E-state index < -0.39 is 28.8 Å². The van der Waals surface area contributed by atoms with Crippen LogP contribution in [-0.2, 0) is 12.7 Å². The van der Waals surface area contributed by atoms with Crippen molar-refractivity contribution in [2.75, 3.05) is 18.2 Å². The summed E-state index contributed by atoms with van der Waals surface area (Å²) in [6.45, 7) is 2.76. The van der Waals surface area contributed by atoms with Crippen molar-refractivity contribution in [3.05, 3.63) is 68.9 Å². The molecule has 5 rings (SSSR count). The Labute approximate surface area is 231 Å². The van der Waals surface area contributed by atoms with Crippen LogP contribution in [0.5, 0.6) is 5.75 Å². The van der Waals surface area contributed by atoms with Crippen molar-refractivity contribution in [1.29, 1.82) is 0 Å². The van der Waals surface area contributed by atoms with Crippen LogP contribution in [0, 0.1) is 5.82 Å². The zero-order valence-corrected chi connectivity index (χ0v) is 22.4. The highest BCUT2D eigenvalue weighted by Gasteiger charge is 2.36. The molecule has 0 saturated heterocycles. The third-order valence-electron chi connectivity index (χ3n) is 6.37. The molecule has 1 aromatic carbocycles. The number of nitrogens with two attached hydrogens (primary N) is 1. The lowest BCUT2D eigenvalue weighted by Gasteiger charge is -2.12. The lowest BCUT2D eigenvalue weighted by atomic mass is 10.1. The Balaban J connectivity index is 0.000000271. The fraction of sp³-hybridized carbons (Fsp3) is 0.370. The van der Waals surface area contributed by atoms with Crippen LogP contribution < -0.4 is 26.9 Å². The summed E-state index contributed by atoms with van der Waals surface area (Å²) in [4.78, 5) is 32.0. The number of unbranched alkanes of at least 4 members (excludes halogenated alkanes) is 2. The number of nitrogen functional groups attached to an aromatic ring is 1. The zero-order chi connectivity index (χ0) is 29.7. The number of hydrogen-bond donors (Lipinski definition) is 3. The molecule has 0 unspecified atom stereocenters. The number of nitrogens with one attached hydrogen (secondary N) is 2. The van der Waals surface area contributed by atoms with Gasteiger partial charge in [0.1, 0.15) is 11.4 Å². The number of hydrogen-bond acceptors (Lipinski definition) is 8. The Morgan fingerprint density at radius 2 is 1.95 bits per heavy atom. The van der Waals surface area contributed by atoms with Gasteiger partial charge in [0.2, 0.25) is 0 Å². The Kier molecular flexibility index (Phi) is 8.89. The number of nitrogens with zero attached hydrogens (tertiary/aromatic N) is 4. The molecule has 3 aromatic heterocycles. The number of alkyl halides is 3. The highest BCUT2D eigenvalue weighted by molar-refractivity contribution is 5.86. The number of fused-ring (bicyclic) bond motifs is 1. The van der Waals surface area contributed by atoms with Crippen molar-refractivity contribution >= 4 is 22.3 Å². The van der Waals surface area contributed by atoms with E-state index in [4.69, 9.17) is 10.5 Å². The summed E-state index contributed by atoms with van der Waals surface area (Å²) in [7, 11) is 1.55. The molecule has 0 aliphatic heterocycles. The monoisotopic (exact) mass is 575 g/mol. The highest BCUT2D eigenvalue weighted by Crippen LogP contribution is 2.32. The molecule has 0 spiro atoms. The molecule has 0 bridgehead atoms. The van der Waals surface area contributed by atoms with Gasteiger partial charge in [0.05, 0.1) is 36.1 Å². The first-order chi connectivity index (χ1) is 19.5. The predicted octanol–water partition coefficient (Wildman–Crippen LogP) is 4.74. The Morgan fingerprint density at radius 1 is 1.20 bits per heavy atom. The average Bonchev–Trinajstić information content (AvgIpc) is 3.74. The molecule has 10 nitrogen and oxygen atoms in total. The van der Waals surface area contributed by atoms with Crippen LogP contribution in [0.25, 0.3) is 22.2 Å². The van der Waals surface area contributed by atoms with Gasteiger partial charge in [-0.15, -0.1) is 0 Å². The van der Waals surface area contributed by atoms with E-state index in [1.807, 2.05) is 6.07 Å². The SMILES string of the molecule is CCCCCn1ccc2cc(-c3ncc(OC)c(NC4CC4)n3)c(F)cc2c1=O.Nc1cn[nH]c(=O)c1C(F)(F)F. The Morgan fingerprint density at radius 3 is 2.56 bits per heavy atom. The molecule has 4 N–H and O–H groups in total. The summed E-state index contributed by atoms with van der Waals surface area (Å²) in [5.41, 5.74) is 1.59. The van der Waals surface area contributed by atoms with E-state index in [9.17, 15) is 27.2 Å². The van der Waals surface area contributed by atoms with E-state index in [2.05, 4.69) is 27.3 Å². The van der Waals surface area contributed by atoms with Gasteiger partial charge < -0.3 is 20.4 Å². The maximum absolute atomic E-state index is 14.9. The number of aryl methyl sites for hydroxylation is 1. The van der Waals surface area contributed by atoms with Crippen LogP contribution in [0.2, 0.25) is 0 Å². The van der Waals surface area contributed by atoms with E-state index in [-0.39, 0.29) is 16.9 Å². The molecule has 14 heteroatoms. The largest absolute Gasteiger partial charge is 0.491 e. The number of pyridine rings is 1. The molecule has 1 aliphatic carbocycles. The minimum absolute atomic E-state index is 0.171. The van der Waals surface area contributed by atoms with Crippen LogP contribution in [0.4, 0.5) is 29.1 Å². The normalized spacial score (nSPS) is 13.0. The highest BCUT2D eigenvalue weighted by atomic mass is 19.4. The van der Waals surface area contributed by atoms with Gasteiger partial charge >= 0.3 is 6.18 Å². The van der Waals surface area contributed by atoms with Gasteiger partial charge in [-0.2, -0.15) is 18.3 Å². The Hall–Kier alpha value is -4.49. The van der Waals surface area contributed by atoms with Crippen molar-refractivity contribution < 1.29 is 22.3 Å². The molecular weight excluding hydrogens is 546 g/mol. The number of aromatic nitrogens is 5. The second-order valence-corrected chi connectivity index (χ2v) is 9.50. The number of halogens is 4. The van der Waals surface area contributed by atoms with Gasteiger partial charge in [-0.1, -0.05) is 19.8 Å². The first-order valence-electron chi connectivity index (χ1n) is 12.9. The number of aromatic amines is 1. The van der Waals surface area contributed by atoms with E-state index in [0.717, 1.165) is 38.3 Å². The fourth-order valence-corrected chi connectivity index (χ4v) is 4.06. The number of benzene rings is 1. The molecule has 4 aromatic rings. The summed E-state index contributed by atoms with van der Waals surface area (Å²) >= 11 is 0. The number of rotatable bonds is 8. The molecule has 0 amide bonds. The lowest BCUT2D eigenvalue weighted by Crippen LogP contribution is -2.24. The summed E-state index contributed by atoms with van der Waals surface area (Å²) < 4.78 is 57.8. The average molecular weight is 576 g/mol. The van der Waals surface area contributed by atoms with E-state index in [0.29, 0.717) is 34.9 Å². The predicted molar refractivity (Wildman–Crippen MR) is 146 cm³/mol. The standard InChI is InChI=1S/C22H25FN4O2.C5H4F3N3O/c1-3-4-5-9-27-10-8-14-11-17(18(23)12-16(14)22(27)28)20-24-13-19(29-2)21(26-20)25-15-6-7-15;6-5(7,8)3-2(9)1-10-11-4(3)12/h8,10-13,15H,3-7,9H2,1-2H3,(H,24,25,26);1H,(H3,9,11,12). The quantitative estimate of drug-likeness (QED) is 0.202. The van der Waals surface area contributed by atoms with Crippen LogP contribution in [0.15, 0.2) is 46.4 Å². The first-order valence-corrected chi connectivity index (χ1v) is 12.9. The molecule has 41 heavy (non-hydrogen) atoms. The topological polar surface area (TPSA) is 141 Å². The molecule has 218 valence electrons. The van der Waals surface area contributed by atoms with Crippen molar-refractivity contribution in [2.24, 2.45) is 0 Å². The fourth-order valence-electron chi connectivity index (χ4n) is 4.06. The second kappa shape index (κ2) is 12.4.